The van der Waals surface area contributed by atoms with E-state index in [1.54, 1.807) is 0 Å². The van der Waals surface area contributed by atoms with E-state index in [-0.39, 0.29) is 23.6 Å². The third-order valence-electron chi connectivity index (χ3n) is 7.64. The lowest BCUT2D eigenvalue weighted by atomic mass is 9.91. The summed E-state index contributed by atoms with van der Waals surface area (Å²) in [6.07, 6.45) is 2.86. The summed E-state index contributed by atoms with van der Waals surface area (Å²) in [6.45, 7) is 4.99. The number of carbonyl (C=O) groups excluding carboxylic acids is 1. The molecule has 1 amide bonds. The predicted octanol–water partition coefficient (Wildman–Crippen LogP) is 5.10. The molecule has 1 aliphatic heterocycles. The van der Waals surface area contributed by atoms with E-state index in [1.807, 2.05) is 41.3 Å². The molecule has 2 N–H and O–H groups in total. The highest BCUT2D eigenvalue weighted by Crippen LogP contribution is 2.27. The Morgan fingerprint density at radius 1 is 0.953 bits per heavy atom. The summed E-state index contributed by atoms with van der Waals surface area (Å²) in [7, 11) is 2.17. The molecule has 2 heterocycles. The van der Waals surface area contributed by atoms with Gasteiger partial charge in [-0.25, -0.2) is 4.68 Å². The van der Waals surface area contributed by atoms with Gasteiger partial charge in [0.1, 0.15) is 18.1 Å². The summed E-state index contributed by atoms with van der Waals surface area (Å²) in [5.41, 5.74) is 4.40. The lowest BCUT2D eigenvalue weighted by Crippen LogP contribution is -2.36. The molecule has 1 aromatic heterocycles. The van der Waals surface area contributed by atoms with Crippen LogP contribution in [0.2, 0.25) is 0 Å². The largest absolute Gasteiger partial charge is 0.491 e. The normalized spacial score (nSPS) is 16.5. The molecular formula is C34H40N4O5. The van der Waals surface area contributed by atoms with Crippen LogP contribution >= 0.6 is 0 Å². The molecule has 0 aliphatic carbocycles. The van der Waals surface area contributed by atoms with E-state index in [0.717, 1.165) is 43.7 Å². The van der Waals surface area contributed by atoms with Crippen molar-refractivity contribution in [3.63, 3.8) is 0 Å². The second-order valence-electron chi connectivity index (χ2n) is 10.8. The van der Waals surface area contributed by atoms with Gasteiger partial charge in [0, 0.05) is 24.7 Å². The summed E-state index contributed by atoms with van der Waals surface area (Å²) < 4.78 is 7.65. The van der Waals surface area contributed by atoms with Crippen molar-refractivity contribution in [3.8, 4) is 11.4 Å². The Hall–Kier alpha value is -4.63. The fraction of sp³-hybridized carbons (Fsp3) is 0.324. The lowest BCUT2D eigenvalue weighted by molar-refractivity contribution is -0.122. The number of aryl methyl sites for hydroxylation is 1. The maximum Gasteiger partial charge on any atom is 0.290 e. The third-order valence-corrected chi connectivity index (χ3v) is 7.64. The smallest absolute Gasteiger partial charge is 0.290 e. The van der Waals surface area contributed by atoms with Gasteiger partial charge < -0.3 is 19.6 Å². The minimum Gasteiger partial charge on any atom is -0.491 e. The van der Waals surface area contributed by atoms with Gasteiger partial charge in [0.05, 0.1) is 12.2 Å². The SMILES string of the molecule is Cc1ccc2c(c1)CN(C)CCC(c1ccccc1)CCCN(C(=O)c1cc(=O)n(-c3ccccc3)[nH]1)CCO2.O=CO. The van der Waals surface area contributed by atoms with Crippen LogP contribution in [0.1, 0.15) is 52.4 Å². The van der Waals surface area contributed by atoms with Crippen LogP contribution in [0.15, 0.2) is 89.7 Å². The minimum absolute atomic E-state index is 0.192. The maximum atomic E-state index is 13.7. The second kappa shape index (κ2) is 15.6. The standard InChI is InChI=1S/C33H38N4O3.CH2O2/c1-25-15-16-31-28(22-25)24-35(2)19-17-27(26-10-5-3-6-11-26)12-9-18-36(20-21-40-31)33(39)30-23-32(38)37(34-30)29-13-7-4-8-14-29;2-1-3/h3-8,10-11,13-16,22-23,27,34H,9,12,17-21,24H2,1-2H3;1H,(H,2,3). The third kappa shape index (κ3) is 8.68. The van der Waals surface area contributed by atoms with Gasteiger partial charge in [-0.05, 0) is 69.5 Å². The molecule has 5 rings (SSSR count). The molecule has 1 unspecified atom stereocenters. The second-order valence-corrected chi connectivity index (χ2v) is 10.8. The van der Waals surface area contributed by atoms with Crippen molar-refractivity contribution in [2.75, 3.05) is 33.3 Å². The molecule has 0 bridgehead atoms. The molecule has 0 radical (unpaired) electrons. The molecule has 9 nitrogen and oxygen atoms in total. The van der Waals surface area contributed by atoms with Crippen LogP contribution in [0, 0.1) is 6.92 Å². The predicted molar refractivity (Wildman–Crippen MR) is 167 cm³/mol. The van der Waals surface area contributed by atoms with E-state index >= 15 is 0 Å². The van der Waals surface area contributed by atoms with E-state index in [1.165, 1.54) is 21.9 Å². The average Bonchev–Trinajstić information content (AvgIpc) is 3.41. The molecule has 43 heavy (non-hydrogen) atoms. The van der Waals surface area contributed by atoms with Gasteiger partial charge in [0.25, 0.3) is 17.9 Å². The number of aromatic amines is 1. The van der Waals surface area contributed by atoms with Crippen molar-refractivity contribution in [2.24, 2.45) is 0 Å². The summed E-state index contributed by atoms with van der Waals surface area (Å²) in [4.78, 5) is 39.0. The van der Waals surface area contributed by atoms with Gasteiger partial charge in [-0.3, -0.25) is 19.5 Å². The lowest BCUT2D eigenvalue weighted by Gasteiger charge is -2.27. The molecule has 0 saturated carbocycles. The van der Waals surface area contributed by atoms with Crippen LogP contribution in [0.3, 0.4) is 0 Å². The number of carboxylic acid groups (broad SMARTS) is 1. The number of nitrogens with zero attached hydrogens (tertiary/aromatic N) is 3. The van der Waals surface area contributed by atoms with Crippen LogP contribution in [-0.2, 0) is 11.3 Å². The zero-order valence-electron chi connectivity index (χ0n) is 24.8. The number of fused-ring (bicyclic) bond motifs is 1. The topological polar surface area (TPSA) is 108 Å². The van der Waals surface area contributed by atoms with Crippen molar-refractivity contribution < 1.29 is 19.4 Å². The van der Waals surface area contributed by atoms with E-state index in [9.17, 15) is 9.59 Å². The van der Waals surface area contributed by atoms with Crippen molar-refractivity contribution in [2.45, 2.75) is 38.6 Å². The molecule has 0 fully saturated rings. The summed E-state index contributed by atoms with van der Waals surface area (Å²) in [5.74, 6) is 1.06. The van der Waals surface area contributed by atoms with Crippen LogP contribution in [-0.4, -0.2) is 70.4 Å². The molecule has 0 spiro atoms. The van der Waals surface area contributed by atoms with Gasteiger partial charge >= 0.3 is 0 Å². The van der Waals surface area contributed by atoms with Gasteiger partial charge in [0.2, 0.25) is 0 Å². The van der Waals surface area contributed by atoms with Crippen LogP contribution in [0.4, 0.5) is 0 Å². The number of para-hydroxylation sites is 1. The number of hydrogen-bond acceptors (Lipinski definition) is 5. The van der Waals surface area contributed by atoms with E-state index < -0.39 is 0 Å². The fourth-order valence-electron chi connectivity index (χ4n) is 5.48. The van der Waals surface area contributed by atoms with Crippen molar-refractivity contribution in [1.82, 2.24) is 19.6 Å². The minimum atomic E-state index is -0.259. The Balaban J connectivity index is 0.00000135. The monoisotopic (exact) mass is 584 g/mol. The number of ether oxygens (including phenoxy) is 1. The number of hydrogen-bond donors (Lipinski definition) is 2. The van der Waals surface area contributed by atoms with Crippen LogP contribution < -0.4 is 10.3 Å². The first kappa shape index (κ1) is 31.3. The zero-order chi connectivity index (χ0) is 30.6. The number of nitrogens with one attached hydrogen (secondary N) is 1. The number of aromatic nitrogens is 2. The molecule has 1 aliphatic rings. The summed E-state index contributed by atoms with van der Waals surface area (Å²) in [6, 6.07) is 27.6. The highest BCUT2D eigenvalue weighted by Gasteiger charge is 2.22. The number of amides is 1. The number of rotatable bonds is 3. The van der Waals surface area contributed by atoms with E-state index in [4.69, 9.17) is 14.6 Å². The number of H-pyrrole nitrogens is 1. The first-order chi connectivity index (χ1) is 20.9. The van der Waals surface area contributed by atoms with Crippen molar-refractivity contribution >= 4 is 12.4 Å². The van der Waals surface area contributed by atoms with E-state index in [0.29, 0.717) is 31.3 Å². The Morgan fingerprint density at radius 2 is 1.65 bits per heavy atom. The van der Waals surface area contributed by atoms with Gasteiger partial charge in [-0.15, -0.1) is 0 Å². The zero-order valence-corrected chi connectivity index (χ0v) is 24.8. The summed E-state index contributed by atoms with van der Waals surface area (Å²) in [5, 5.41) is 9.92. The molecular weight excluding hydrogens is 544 g/mol. The molecule has 1 atom stereocenters. The quantitative estimate of drug-likeness (QED) is 0.325. The van der Waals surface area contributed by atoms with Gasteiger partial charge in [-0.1, -0.05) is 66.2 Å². The average molecular weight is 585 g/mol. The van der Waals surface area contributed by atoms with Crippen LogP contribution in [0.5, 0.6) is 5.75 Å². The molecule has 4 aromatic rings. The highest BCUT2D eigenvalue weighted by molar-refractivity contribution is 5.92. The van der Waals surface area contributed by atoms with Crippen molar-refractivity contribution in [1.29, 1.82) is 0 Å². The number of carbonyl (C=O) groups is 2. The Morgan fingerprint density at radius 3 is 2.37 bits per heavy atom. The van der Waals surface area contributed by atoms with Crippen LogP contribution in [0.25, 0.3) is 5.69 Å². The number of benzene rings is 3. The Labute approximate surface area is 252 Å². The molecule has 9 heteroatoms. The van der Waals surface area contributed by atoms with Gasteiger partial charge in [-0.2, -0.15) is 0 Å². The highest BCUT2D eigenvalue weighted by atomic mass is 16.5. The van der Waals surface area contributed by atoms with Gasteiger partial charge in [0.15, 0.2) is 0 Å². The maximum absolute atomic E-state index is 13.7. The first-order valence-corrected chi connectivity index (χ1v) is 14.6. The first-order valence-electron chi connectivity index (χ1n) is 14.6. The molecule has 3 aromatic carbocycles. The Bertz CT molecular complexity index is 1520. The van der Waals surface area contributed by atoms with E-state index in [2.05, 4.69) is 66.4 Å². The fourth-order valence-corrected chi connectivity index (χ4v) is 5.48. The van der Waals surface area contributed by atoms with Crippen molar-refractivity contribution in [3.05, 3.63) is 118 Å². The molecule has 226 valence electrons. The molecule has 0 saturated heterocycles. The Kier molecular flexibility index (Phi) is 11.3. The summed E-state index contributed by atoms with van der Waals surface area (Å²) >= 11 is 0.